The van der Waals surface area contributed by atoms with E-state index in [2.05, 4.69) is 5.32 Å². The number of halogens is 1. The maximum Gasteiger partial charge on any atom is 0.266 e. The summed E-state index contributed by atoms with van der Waals surface area (Å²) in [6.45, 7) is 8.51. The maximum absolute atomic E-state index is 12.6. The van der Waals surface area contributed by atoms with Gasteiger partial charge in [-0.15, -0.1) is 0 Å². The van der Waals surface area contributed by atoms with Crippen LogP contribution in [0.3, 0.4) is 0 Å². The number of nitrogens with zero attached hydrogens (tertiary/aromatic N) is 1. The first-order chi connectivity index (χ1) is 13.4. The van der Waals surface area contributed by atoms with Crippen molar-refractivity contribution in [3.63, 3.8) is 0 Å². The molecule has 0 aliphatic heterocycles. The topological polar surface area (TPSA) is 71.3 Å². The van der Waals surface area contributed by atoms with Crippen LogP contribution >= 0.6 is 11.6 Å². The van der Waals surface area contributed by atoms with E-state index in [4.69, 9.17) is 21.1 Å². The molecule has 0 aliphatic rings. The van der Waals surface area contributed by atoms with Gasteiger partial charge in [0.05, 0.1) is 18.2 Å². The zero-order valence-electron chi connectivity index (χ0n) is 16.4. The Morgan fingerprint density at radius 3 is 2.36 bits per heavy atom. The second-order valence-corrected chi connectivity index (χ2v) is 6.54. The zero-order valence-corrected chi connectivity index (χ0v) is 17.2. The smallest absolute Gasteiger partial charge is 0.266 e. The highest BCUT2D eigenvalue weighted by molar-refractivity contribution is 6.32. The normalized spacial score (nSPS) is 10.9. The van der Waals surface area contributed by atoms with Crippen molar-refractivity contribution in [2.75, 3.05) is 18.5 Å². The summed E-state index contributed by atoms with van der Waals surface area (Å²) in [5.74, 6) is 0.522. The van der Waals surface area contributed by atoms with Crippen LogP contribution in [-0.4, -0.2) is 19.1 Å². The quantitative estimate of drug-likeness (QED) is 0.507. The summed E-state index contributed by atoms with van der Waals surface area (Å²) < 4.78 is 11.1. The first kappa shape index (κ1) is 21.3. The zero-order chi connectivity index (χ0) is 20.7. The third kappa shape index (κ3) is 5.28. The fraction of sp³-hybridized carbons (Fsp3) is 0.273. The van der Waals surface area contributed by atoms with Crippen molar-refractivity contribution in [2.24, 2.45) is 0 Å². The number of benzene rings is 2. The number of amides is 1. The number of nitrogens with one attached hydrogen (secondary N) is 1. The van der Waals surface area contributed by atoms with Gasteiger partial charge in [0.2, 0.25) is 0 Å². The number of rotatable bonds is 7. The summed E-state index contributed by atoms with van der Waals surface area (Å²) in [5, 5.41) is 12.6. The van der Waals surface area contributed by atoms with Gasteiger partial charge in [-0.05, 0) is 57.0 Å². The lowest BCUT2D eigenvalue weighted by Gasteiger charge is -2.13. The molecule has 2 aromatic carbocycles. The van der Waals surface area contributed by atoms with Gasteiger partial charge < -0.3 is 14.8 Å². The van der Waals surface area contributed by atoms with Crippen molar-refractivity contribution in [1.29, 1.82) is 5.26 Å². The van der Waals surface area contributed by atoms with Crippen LogP contribution in [-0.2, 0) is 4.79 Å². The molecule has 28 heavy (non-hydrogen) atoms. The Morgan fingerprint density at radius 1 is 1.14 bits per heavy atom. The van der Waals surface area contributed by atoms with Crippen molar-refractivity contribution in [2.45, 2.75) is 27.7 Å². The Kier molecular flexibility index (Phi) is 7.48. The average Bonchev–Trinajstić information content (AvgIpc) is 2.65. The Labute approximate surface area is 170 Å². The molecule has 0 aromatic heterocycles. The van der Waals surface area contributed by atoms with E-state index in [0.717, 1.165) is 11.1 Å². The third-order valence-electron chi connectivity index (χ3n) is 3.96. The molecule has 6 heteroatoms. The van der Waals surface area contributed by atoms with Gasteiger partial charge in [0.1, 0.15) is 11.6 Å². The lowest BCUT2D eigenvalue weighted by atomic mass is 10.1. The molecule has 0 aliphatic carbocycles. The molecule has 0 atom stereocenters. The van der Waals surface area contributed by atoms with E-state index in [1.165, 1.54) is 6.08 Å². The van der Waals surface area contributed by atoms with Crippen molar-refractivity contribution in [3.05, 3.63) is 57.6 Å². The predicted octanol–water partition coefficient (Wildman–Crippen LogP) is 5.30. The second-order valence-electron chi connectivity index (χ2n) is 6.13. The molecular weight excluding hydrogens is 376 g/mol. The highest BCUT2D eigenvalue weighted by Gasteiger charge is 2.14. The largest absolute Gasteiger partial charge is 0.490 e. The second kappa shape index (κ2) is 9.82. The van der Waals surface area contributed by atoms with E-state index in [9.17, 15) is 10.1 Å². The number of carbonyl (C=O) groups is 1. The van der Waals surface area contributed by atoms with Gasteiger partial charge in [0.15, 0.2) is 11.5 Å². The predicted molar refractivity (Wildman–Crippen MR) is 112 cm³/mol. The number of nitriles is 1. The fourth-order valence-electron chi connectivity index (χ4n) is 2.65. The number of carbonyl (C=O) groups excluding carboxylic acids is 1. The molecule has 0 unspecified atom stereocenters. The molecule has 2 aromatic rings. The van der Waals surface area contributed by atoms with E-state index in [0.29, 0.717) is 41.0 Å². The third-order valence-corrected chi connectivity index (χ3v) is 4.29. The van der Waals surface area contributed by atoms with Crippen LogP contribution in [0.4, 0.5) is 5.69 Å². The van der Waals surface area contributed by atoms with Gasteiger partial charge in [-0.2, -0.15) is 5.26 Å². The van der Waals surface area contributed by atoms with Crippen LogP contribution in [0.1, 0.15) is 30.5 Å². The molecule has 1 amide bonds. The van der Waals surface area contributed by atoms with Crippen LogP contribution in [0.25, 0.3) is 6.08 Å². The molecule has 0 heterocycles. The van der Waals surface area contributed by atoms with E-state index in [-0.39, 0.29) is 5.57 Å². The monoisotopic (exact) mass is 398 g/mol. The van der Waals surface area contributed by atoms with Gasteiger partial charge in [0, 0.05) is 11.8 Å². The van der Waals surface area contributed by atoms with Crippen LogP contribution in [0.2, 0.25) is 5.02 Å². The molecule has 146 valence electrons. The van der Waals surface area contributed by atoms with Gasteiger partial charge in [-0.1, -0.05) is 29.3 Å². The molecular formula is C22H23ClN2O3. The highest BCUT2D eigenvalue weighted by Crippen LogP contribution is 2.34. The lowest BCUT2D eigenvalue weighted by molar-refractivity contribution is -0.112. The van der Waals surface area contributed by atoms with Gasteiger partial charge in [0.25, 0.3) is 5.91 Å². The first-order valence-corrected chi connectivity index (χ1v) is 9.36. The number of hydrogen-bond donors (Lipinski definition) is 1. The summed E-state index contributed by atoms with van der Waals surface area (Å²) in [6.07, 6.45) is 1.44. The number of ether oxygens (including phenoxy) is 2. The Morgan fingerprint density at radius 2 is 1.79 bits per heavy atom. The summed E-state index contributed by atoms with van der Waals surface area (Å²) in [5.41, 5.74) is 3.11. The molecule has 0 saturated carbocycles. The fourth-order valence-corrected chi connectivity index (χ4v) is 2.85. The molecule has 0 fully saturated rings. The maximum atomic E-state index is 12.6. The van der Waals surface area contributed by atoms with Crippen LogP contribution in [0, 0.1) is 25.2 Å². The molecule has 0 spiro atoms. The number of aryl methyl sites for hydroxylation is 2. The first-order valence-electron chi connectivity index (χ1n) is 8.99. The van der Waals surface area contributed by atoms with E-state index < -0.39 is 5.91 Å². The summed E-state index contributed by atoms with van der Waals surface area (Å²) in [6, 6.07) is 10.9. The Balaban J connectivity index is 2.36. The standard InChI is InChI=1S/C22H23ClN2O3/c1-5-27-20-11-16(18(23)12-21(20)28-6-2)10-17(13-24)22(26)25-19-8-7-14(3)9-15(19)4/h7-12H,5-6H2,1-4H3,(H,25,26)/b17-10+. The Bertz CT molecular complexity index is 946. The van der Waals surface area contributed by atoms with Crippen LogP contribution < -0.4 is 14.8 Å². The number of hydrogen-bond acceptors (Lipinski definition) is 4. The minimum Gasteiger partial charge on any atom is -0.490 e. The van der Waals surface area contributed by atoms with E-state index >= 15 is 0 Å². The van der Waals surface area contributed by atoms with Crippen molar-refractivity contribution in [3.8, 4) is 17.6 Å². The molecule has 1 N–H and O–H groups in total. The lowest BCUT2D eigenvalue weighted by Crippen LogP contribution is -2.14. The average molecular weight is 399 g/mol. The van der Waals surface area contributed by atoms with E-state index in [1.54, 1.807) is 12.1 Å². The van der Waals surface area contributed by atoms with Gasteiger partial charge >= 0.3 is 0 Å². The SMILES string of the molecule is CCOc1cc(Cl)c(/C=C(\C#N)C(=O)Nc2ccc(C)cc2C)cc1OCC. The Hall–Kier alpha value is -2.97. The molecule has 0 bridgehead atoms. The summed E-state index contributed by atoms with van der Waals surface area (Å²) in [7, 11) is 0. The highest BCUT2D eigenvalue weighted by atomic mass is 35.5. The van der Waals surface area contributed by atoms with Crippen LogP contribution in [0.15, 0.2) is 35.9 Å². The molecule has 0 saturated heterocycles. The van der Waals surface area contributed by atoms with Gasteiger partial charge in [-0.3, -0.25) is 4.79 Å². The van der Waals surface area contributed by atoms with Crippen molar-refractivity contribution < 1.29 is 14.3 Å². The van der Waals surface area contributed by atoms with Crippen molar-refractivity contribution in [1.82, 2.24) is 0 Å². The summed E-state index contributed by atoms with van der Waals surface area (Å²) in [4.78, 5) is 12.6. The number of anilines is 1. The minimum atomic E-state index is -0.502. The molecule has 5 nitrogen and oxygen atoms in total. The minimum absolute atomic E-state index is 0.0616. The van der Waals surface area contributed by atoms with Gasteiger partial charge in [-0.25, -0.2) is 0 Å². The van der Waals surface area contributed by atoms with Crippen LogP contribution in [0.5, 0.6) is 11.5 Å². The van der Waals surface area contributed by atoms with E-state index in [1.807, 2.05) is 52.0 Å². The molecule has 2 rings (SSSR count). The molecule has 0 radical (unpaired) electrons. The summed E-state index contributed by atoms with van der Waals surface area (Å²) >= 11 is 6.32. The van der Waals surface area contributed by atoms with Crippen molar-refractivity contribution >= 4 is 29.3 Å².